The van der Waals surface area contributed by atoms with Crippen molar-refractivity contribution in [2.75, 3.05) is 0 Å². The first-order chi connectivity index (χ1) is 9.21. The first kappa shape index (κ1) is 13.2. The van der Waals surface area contributed by atoms with Crippen molar-refractivity contribution in [1.82, 2.24) is 0 Å². The van der Waals surface area contributed by atoms with Crippen molar-refractivity contribution in [3.05, 3.63) is 28.7 Å². The zero-order valence-corrected chi connectivity index (χ0v) is 12.6. The van der Waals surface area contributed by atoms with Gasteiger partial charge in [-0.15, -0.1) is 0 Å². The SMILES string of the molecule is O=C1CC(Oc2cccc(Br)c2)C12CCCCCC2. The molecule has 3 rings (SSSR count). The summed E-state index contributed by atoms with van der Waals surface area (Å²) in [6.07, 6.45) is 7.58. The third-order valence-electron chi connectivity index (χ3n) is 4.61. The maximum atomic E-state index is 12.1. The third-order valence-corrected chi connectivity index (χ3v) is 5.11. The number of ketones is 1. The highest BCUT2D eigenvalue weighted by Gasteiger charge is 2.55. The van der Waals surface area contributed by atoms with E-state index in [1.807, 2.05) is 24.3 Å². The number of hydrogen-bond acceptors (Lipinski definition) is 2. The van der Waals surface area contributed by atoms with Crippen LogP contribution in [0.5, 0.6) is 5.75 Å². The maximum absolute atomic E-state index is 12.1. The van der Waals surface area contributed by atoms with Crippen molar-refractivity contribution < 1.29 is 9.53 Å². The number of benzene rings is 1. The minimum Gasteiger partial charge on any atom is -0.489 e. The molecule has 2 nitrogen and oxygen atoms in total. The van der Waals surface area contributed by atoms with Crippen LogP contribution in [0.4, 0.5) is 0 Å². The second-order valence-corrected chi connectivity index (χ2v) is 6.68. The van der Waals surface area contributed by atoms with Gasteiger partial charge < -0.3 is 4.74 Å². The molecule has 0 N–H and O–H groups in total. The summed E-state index contributed by atoms with van der Waals surface area (Å²) in [5.41, 5.74) is -0.168. The molecular formula is C16H19BrO2. The van der Waals surface area contributed by atoms with Gasteiger partial charge in [-0.1, -0.05) is 47.7 Å². The molecule has 2 aliphatic carbocycles. The first-order valence-corrected chi connectivity index (χ1v) is 7.95. The molecule has 2 fully saturated rings. The Hall–Kier alpha value is -0.830. The monoisotopic (exact) mass is 322 g/mol. The van der Waals surface area contributed by atoms with Crippen LogP contribution in [0.1, 0.15) is 44.9 Å². The fourth-order valence-electron chi connectivity index (χ4n) is 3.43. The summed E-state index contributed by atoms with van der Waals surface area (Å²) >= 11 is 3.46. The molecule has 1 aromatic rings. The third kappa shape index (κ3) is 2.45. The Morgan fingerprint density at radius 3 is 2.53 bits per heavy atom. The lowest BCUT2D eigenvalue weighted by molar-refractivity contribution is -0.154. The molecule has 2 saturated carbocycles. The molecular weight excluding hydrogens is 304 g/mol. The van der Waals surface area contributed by atoms with Gasteiger partial charge in [-0.3, -0.25) is 4.79 Å². The van der Waals surface area contributed by atoms with Crippen molar-refractivity contribution in [3.8, 4) is 5.75 Å². The maximum Gasteiger partial charge on any atom is 0.146 e. The molecule has 3 heteroatoms. The van der Waals surface area contributed by atoms with Crippen LogP contribution in [0.15, 0.2) is 28.7 Å². The molecule has 2 aliphatic rings. The van der Waals surface area contributed by atoms with Crippen LogP contribution >= 0.6 is 15.9 Å². The lowest BCUT2D eigenvalue weighted by atomic mass is 9.60. The van der Waals surface area contributed by atoms with Gasteiger partial charge in [0, 0.05) is 10.9 Å². The minimum atomic E-state index is -0.168. The molecule has 0 aromatic heterocycles. The normalized spacial score (nSPS) is 25.7. The Morgan fingerprint density at radius 2 is 1.89 bits per heavy atom. The van der Waals surface area contributed by atoms with Crippen LogP contribution in [0.3, 0.4) is 0 Å². The summed E-state index contributed by atoms with van der Waals surface area (Å²) in [6.45, 7) is 0. The van der Waals surface area contributed by atoms with Gasteiger partial charge in [-0.25, -0.2) is 0 Å². The number of carbonyl (C=O) groups is 1. The molecule has 1 aromatic carbocycles. The molecule has 19 heavy (non-hydrogen) atoms. The van der Waals surface area contributed by atoms with Gasteiger partial charge >= 0.3 is 0 Å². The number of hydrogen-bond donors (Lipinski definition) is 0. The fourth-order valence-corrected chi connectivity index (χ4v) is 3.81. The second-order valence-electron chi connectivity index (χ2n) is 5.76. The van der Waals surface area contributed by atoms with E-state index in [9.17, 15) is 4.79 Å². The van der Waals surface area contributed by atoms with Crippen LogP contribution in [-0.4, -0.2) is 11.9 Å². The van der Waals surface area contributed by atoms with Gasteiger partial charge in [0.1, 0.15) is 17.6 Å². The Labute approximate surface area is 122 Å². The van der Waals surface area contributed by atoms with E-state index < -0.39 is 0 Å². The van der Waals surface area contributed by atoms with E-state index in [2.05, 4.69) is 15.9 Å². The van der Waals surface area contributed by atoms with Gasteiger partial charge in [0.05, 0.1) is 5.41 Å². The van der Waals surface area contributed by atoms with E-state index in [-0.39, 0.29) is 11.5 Å². The van der Waals surface area contributed by atoms with Crippen molar-refractivity contribution in [1.29, 1.82) is 0 Å². The second kappa shape index (κ2) is 5.28. The molecule has 0 amide bonds. The van der Waals surface area contributed by atoms with Crippen LogP contribution < -0.4 is 4.74 Å². The fraction of sp³-hybridized carbons (Fsp3) is 0.562. The van der Waals surface area contributed by atoms with Crippen molar-refractivity contribution in [3.63, 3.8) is 0 Å². The highest BCUT2D eigenvalue weighted by atomic mass is 79.9. The predicted molar refractivity (Wildman–Crippen MR) is 78.3 cm³/mol. The smallest absolute Gasteiger partial charge is 0.146 e. The molecule has 0 aliphatic heterocycles. The van der Waals surface area contributed by atoms with Crippen LogP contribution in [-0.2, 0) is 4.79 Å². The van der Waals surface area contributed by atoms with Crippen LogP contribution in [0, 0.1) is 5.41 Å². The number of rotatable bonds is 2. The lowest BCUT2D eigenvalue weighted by Crippen LogP contribution is -2.56. The van der Waals surface area contributed by atoms with Gasteiger partial charge in [-0.05, 0) is 31.0 Å². The van der Waals surface area contributed by atoms with Crippen LogP contribution in [0.2, 0.25) is 0 Å². The molecule has 1 unspecified atom stereocenters. The quantitative estimate of drug-likeness (QED) is 0.800. The van der Waals surface area contributed by atoms with Crippen molar-refractivity contribution in [2.24, 2.45) is 5.41 Å². The summed E-state index contributed by atoms with van der Waals surface area (Å²) in [7, 11) is 0. The van der Waals surface area contributed by atoms with E-state index in [1.165, 1.54) is 25.7 Å². The zero-order valence-electron chi connectivity index (χ0n) is 11.0. The first-order valence-electron chi connectivity index (χ1n) is 7.16. The summed E-state index contributed by atoms with van der Waals surface area (Å²) in [5.74, 6) is 1.30. The number of carbonyl (C=O) groups excluding carboxylic acids is 1. The van der Waals surface area contributed by atoms with E-state index in [1.54, 1.807) is 0 Å². The van der Waals surface area contributed by atoms with E-state index in [4.69, 9.17) is 4.74 Å². The Morgan fingerprint density at radius 1 is 1.16 bits per heavy atom. The van der Waals surface area contributed by atoms with E-state index >= 15 is 0 Å². The average Bonchev–Trinajstić information content (AvgIpc) is 2.66. The highest BCUT2D eigenvalue weighted by Crippen LogP contribution is 2.49. The molecule has 0 heterocycles. The standard InChI is InChI=1S/C16H19BrO2/c17-12-6-5-7-13(10-12)19-15-11-14(18)16(15)8-3-1-2-4-9-16/h5-7,10,15H,1-4,8-9,11H2. The zero-order chi connectivity index (χ0) is 13.3. The molecule has 0 bridgehead atoms. The topological polar surface area (TPSA) is 26.3 Å². The molecule has 1 spiro atoms. The number of halogens is 1. The van der Waals surface area contributed by atoms with Crippen molar-refractivity contribution in [2.45, 2.75) is 51.0 Å². The molecule has 102 valence electrons. The summed E-state index contributed by atoms with van der Waals surface area (Å²) in [4.78, 5) is 12.1. The Kier molecular flexibility index (Phi) is 3.66. The summed E-state index contributed by atoms with van der Waals surface area (Å²) in [5, 5.41) is 0. The van der Waals surface area contributed by atoms with Gasteiger partial charge in [-0.2, -0.15) is 0 Å². The lowest BCUT2D eigenvalue weighted by Gasteiger charge is -2.47. The van der Waals surface area contributed by atoms with E-state index in [0.29, 0.717) is 12.2 Å². The summed E-state index contributed by atoms with van der Waals surface area (Å²) in [6, 6.07) is 7.91. The Balaban J connectivity index is 1.76. The highest BCUT2D eigenvalue weighted by molar-refractivity contribution is 9.10. The Bertz CT molecular complexity index is 475. The van der Waals surface area contributed by atoms with Gasteiger partial charge in [0.15, 0.2) is 0 Å². The van der Waals surface area contributed by atoms with Crippen LogP contribution in [0.25, 0.3) is 0 Å². The number of Topliss-reactive ketones (excluding diaryl/α,β-unsaturated/α-hetero) is 1. The van der Waals surface area contributed by atoms with Gasteiger partial charge in [0.2, 0.25) is 0 Å². The van der Waals surface area contributed by atoms with E-state index in [0.717, 1.165) is 23.1 Å². The molecule has 1 atom stereocenters. The molecule has 0 radical (unpaired) electrons. The predicted octanol–water partition coefficient (Wildman–Crippen LogP) is 4.51. The largest absolute Gasteiger partial charge is 0.489 e. The summed E-state index contributed by atoms with van der Waals surface area (Å²) < 4.78 is 7.12. The van der Waals surface area contributed by atoms with Gasteiger partial charge in [0.25, 0.3) is 0 Å². The minimum absolute atomic E-state index is 0.0902. The average molecular weight is 323 g/mol. The van der Waals surface area contributed by atoms with Crippen molar-refractivity contribution >= 4 is 21.7 Å². The molecule has 0 saturated heterocycles. The number of ether oxygens (including phenoxy) is 1.